The maximum atomic E-state index is 11.7. The Bertz CT molecular complexity index is 534. The zero-order chi connectivity index (χ0) is 14.6. The van der Waals surface area contributed by atoms with E-state index in [0.29, 0.717) is 11.6 Å². The third-order valence-corrected chi connectivity index (χ3v) is 3.97. The van der Waals surface area contributed by atoms with Gasteiger partial charge in [0.15, 0.2) is 0 Å². The zero-order valence-corrected chi connectivity index (χ0v) is 12.1. The molecular formula is C13H19NO4S. The number of carbonyl (C=O) groups is 1. The minimum atomic E-state index is -3.48. The van der Waals surface area contributed by atoms with Gasteiger partial charge >= 0.3 is 5.97 Å². The molecule has 0 heterocycles. The summed E-state index contributed by atoms with van der Waals surface area (Å²) in [5.74, 6) is -0.660. The number of hydrogen-bond acceptors (Lipinski definition) is 3. The summed E-state index contributed by atoms with van der Waals surface area (Å²) in [6.45, 7) is 4.04. The molecule has 106 valence electrons. The summed E-state index contributed by atoms with van der Waals surface area (Å²) in [4.78, 5) is 10.6. The molecule has 1 rings (SSSR count). The molecule has 0 bridgehead atoms. The first kappa shape index (κ1) is 15.5. The van der Waals surface area contributed by atoms with E-state index in [1.165, 1.54) is 0 Å². The second kappa shape index (κ2) is 6.06. The SMILES string of the molecule is CC(C)c1ccc(N(CCC(=O)O)S(C)(=O)=O)cc1. The topological polar surface area (TPSA) is 74.7 Å². The Morgan fingerprint density at radius 3 is 2.16 bits per heavy atom. The lowest BCUT2D eigenvalue weighted by Gasteiger charge is -2.22. The summed E-state index contributed by atoms with van der Waals surface area (Å²) >= 11 is 0. The number of benzene rings is 1. The summed E-state index contributed by atoms with van der Waals surface area (Å²) in [6.07, 6.45) is 0.851. The Morgan fingerprint density at radius 1 is 1.26 bits per heavy atom. The van der Waals surface area contributed by atoms with E-state index < -0.39 is 16.0 Å². The number of rotatable bonds is 6. The van der Waals surface area contributed by atoms with Crippen molar-refractivity contribution >= 4 is 21.7 Å². The third kappa shape index (κ3) is 4.55. The number of carboxylic acid groups (broad SMARTS) is 1. The number of sulfonamides is 1. The quantitative estimate of drug-likeness (QED) is 0.868. The Labute approximate surface area is 113 Å². The Hall–Kier alpha value is -1.56. The molecule has 0 aliphatic rings. The average molecular weight is 285 g/mol. The third-order valence-electron chi connectivity index (χ3n) is 2.78. The van der Waals surface area contributed by atoms with Gasteiger partial charge in [-0.15, -0.1) is 0 Å². The molecule has 1 aromatic carbocycles. The second-order valence-corrected chi connectivity index (χ2v) is 6.63. The van der Waals surface area contributed by atoms with Crippen LogP contribution in [0, 0.1) is 0 Å². The van der Waals surface area contributed by atoms with Gasteiger partial charge in [-0.25, -0.2) is 8.42 Å². The van der Waals surface area contributed by atoms with Gasteiger partial charge in [0, 0.05) is 6.54 Å². The summed E-state index contributed by atoms with van der Waals surface area (Å²) in [7, 11) is -3.48. The van der Waals surface area contributed by atoms with E-state index in [-0.39, 0.29) is 13.0 Å². The van der Waals surface area contributed by atoms with E-state index in [4.69, 9.17) is 5.11 Å². The molecule has 0 radical (unpaired) electrons. The summed E-state index contributed by atoms with van der Waals surface area (Å²) in [5, 5.41) is 8.67. The van der Waals surface area contributed by atoms with Crippen molar-refractivity contribution in [2.24, 2.45) is 0 Å². The standard InChI is InChI=1S/C13H19NO4S/c1-10(2)11-4-6-12(7-5-11)14(19(3,17)18)9-8-13(15)16/h4-7,10H,8-9H2,1-3H3,(H,15,16). The van der Waals surface area contributed by atoms with Crippen molar-refractivity contribution in [1.82, 2.24) is 0 Å². The smallest absolute Gasteiger partial charge is 0.305 e. The highest BCUT2D eigenvalue weighted by molar-refractivity contribution is 7.92. The van der Waals surface area contributed by atoms with Crippen LogP contribution in [0.4, 0.5) is 5.69 Å². The van der Waals surface area contributed by atoms with Gasteiger partial charge in [0.2, 0.25) is 10.0 Å². The molecule has 0 saturated heterocycles. The van der Waals surface area contributed by atoms with E-state index in [1.807, 2.05) is 26.0 Å². The molecule has 0 aromatic heterocycles. The molecule has 5 nitrogen and oxygen atoms in total. The number of aliphatic carboxylic acids is 1. The van der Waals surface area contributed by atoms with Crippen LogP contribution in [0.3, 0.4) is 0 Å². The highest BCUT2D eigenvalue weighted by Gasteiger charge is 2.18. The van der Waals surface area contributed by atoms with Gasteiger partial charge < -0.3 is 5.11 Å². The van der Waals surface area contributed by atoms with Gasteiger partial charge in [-0.3, -0.25) is 9.10 Å². The Kier molecular flexibility index (Phi) is 4.94. The molecule has 0 amide bonds. The minimum absolute atomic E-state index is 0.0603. The highest BCUT2D eigenvalue weighted by Crippen LogP contribution is 2.22. The van der Waals surface area contributed by atoms with E-state index in [2.05, 4.69) is 0 Å². The van der Waals surface area contributed by atoms with Crippen molar-refractivity contribution in [3.63, 3.8) is 0 Å². The van der Waals surface area contributed by atoms with Gasteiger partial charge in [0.1, 0.15) is 0 Å². The lowest BCUT2D eigenvalue weighted by Crippen LogP contribution is -2.32. The fourth-order valence-corrected chi connectivity index (χ4v) is 2.64. The number of hydrogen-bond donors (Lipinski definition) is 1. The molecule has 0 spiro atoms. The van der Waals surface area contributed by atoms with Crippen molar-refractivity contribution in [2.45, 2.75) is 26.2 Å². The van der Waals surface area contributed by atoms with Crippen LogP contribution in [0.25, 0.3) is 0 Å². The molecule has 0 aliphatic carbocycles. The first-order valence-corrected chi connectivity index (χ1v) is 7.86. The largest absolute Gasteiger partial charge is 0.481 e. The van der Waals surface area contributed by atoms with Crippen LogP contribution in [0.5, 0.6) is 0 Å². The van der Waals surface area contributed by atoms with Crippen LogP contribution in [-0.4, -0.2) is 32.3 Å². The summed E-state index contributed by atoms with van der Waals surface area (Å²) in [6, 6.07) is 7.13. The van der Waals surface area contributed by atoms with Crippen molar-refractivity contribution in [1.29, 1.82) is 0 Å². The molecule has 1 N–H and O–H groups in total. The molecule has 19 heavy (non-hydrogen) atoms. The van der Waals surface area contributed by atoms with Crippen LogP contribution < -0.4 is 4.31 Å². The predicted molar refractivity (Wildman–Crippen MR) is 75.0 cm³/mol. The fraction of sp³-hybridized carbons (Fsp3) is 0.462. The lowest BCUT2D eigenvalue weighted by atomic mass is 10.0. The molecule has 0 fully saturated rings. The Morgan fingerprint density at radius 2 is 1.79 bits per heavy atom. The van der Waals surface area contributed by atoms with Crippen molar-refractivity contribution in [2.75, 3.05) is 17.1 Å². The molecule has 0 saturated carbocycles. The highest BCUT2D eigenvalue weighted by atomic mass is 32.2. The normalized spacial score (nSPS) is 11.6. The van der Waals surface area contributed by atoms with E-state index in [0.717, 1.165) is 16.1 Å². The molecule has 0 unspecified atom stereocenters. The molecular weight excluding hydrogens is 266 g/mol. The van der Waals surface area contributed by atoms with Crippen LogP contribution in [0.2, 0.25) is 0 Å². The molecule has 6 heteroatoms. The molecule has 0 aliphatic heterocycles. The lowest BCUT2D eigenvalue weighted by molar-refractivity contribution is -0.136. The Balaban J connectivity index is 3.01. The minimum Gasteiger partial charge on any atom is -0.481 e. The summed E-state index contributed by atoms with van der Waals surface area (Å²) < 4.78 is 24.5. The zero-order valence-electron chi connectivity index (χ0n) is 11.3. The van der Waals surface area contributed by atoms with Gasteiger partial charge in [-0.1, -0.05) is 26.0 Å². The van der Waals surface area contributed by atoms with E-state index >= 15 is 0 Å². The number of carboxylic acids is 1. The molecule has 1 aromatic rings. The van der Waals surface area contributed by atoms with Crippen molar-refractivity contribution < 1.29 is 18.3 Å². The van der Waals surface area contributed by atoms with Crippen LogP contribution >= 0.6 is 0 Å². The van der Waals surface area contributed by atoms with Gasteiger partial charge in [0.25, 0.3) is 0 Å². The fourth-order valence-electron chi connectivity index (χ4n) is 1.71. The van der Waals surface area contributed by atoms with Crippen LogP contribution in [0.1, 0.15) is 31.7 Å². The van der Waals surface area contributed by atoms with Crippen LogP contribution in [0.15, 0.2) is 24.3 Å². The second-order valence-electron chi connectivity index (χ2n) is 4.73. The first-order chi connectivity index (χ1) is 8.71. The van der Waals surface area contributed by atoms with E-state index in [9.17, 15) is 13.2 Å². The maximum Gasteiger partial charge on any atom is 0.305 e. The number of nitrogens with zero attached hydrogens (tertiary/aromatic N) is 1. The summed E-state index contributed by atoms with van der Waals surface area (Å²) in [5.41, 5.74) is 1.60. The molecule has 0 atom stereocenters. The average Bonchev–Trinajstić information content (AvgIpc) is 2.27. The van der Waals surface area contributed by atoms with Crippen LogP contribution in [-0.2, 0) is 14.8 Å². The van der Waals surface area contributed by atoms with Crippen molar-refractivity contribution in [3.8, 4) is 0 Å². The van der Waals surface area contributed by atoms with Gasteiger partial charge in [0.05, 0.1) is 18.4 Å². The van der Waals surface area contributed by atoms with E-state index in [1.54, 1.807) is 12.1 Å². The van der Waals surface area contributed by atoms with Gasteiger partial charge in [-0.05, 0) is 23.6 Å². The van der Waals surface area contributed by atoms with Gasteiger partial charge in [-0.2, -0.15) is 0 Å². The first-order valence-electron chi connectivity index (χ1n) is 6.01. The number of anilines is 1. The monoisotopic (exact) mass is 285 g/mol. The predicted octanol–water partition coefficient (Wildman–Crippen LogP) is 2.05. The van der Waals surface area contributed by atoms with Crippen molar-refractivity contribution in [3.05, 3.63) is 29.8 Å². The maximum absolute atomic E-state index is 11.7.